The summed E-state index contributed by atoms with van der Waals surface area (Å²) in [4.78, 5) is 26.6. The molecule has 2 heterocycles. The van der Waals surface area contributed by atoms with Crippen molar-refractivity contribution >= 4 is 12.4 Å². The quantitative estimate of drug-likeness (QED) is 0.759. The maximum Gasteiger partial charge on any atom is 0.317 e. The predicted octanol–water partition coefficient (Wildman–Crippen LogP) is 1.13. The summed E-state index contributed by atoms with van der Waals surface area (Å²) in [7, 11) is 0. The SMILES string of the molecule is O=CN1CCC(N2CC/C=C\C=C/CNC2=O)CC1. The van der Waals surface area contributed by atoms with E-state index in [0.717, 1.165) is 45.3 Å². The number of carbonyl (C=O) groups is 2. The molecule has 0 unspecified atom stereocenters. The second-order valence-corrected chi connectivity index (χ2v) is 4.90. The third-order valence-electron chi connectivity index (χ3n) is 3.64. The van der Waals surface area contributed by atoms with Crippen LogP contribution in [0.3, 0.4) is 0 Å². The van der Waals surface area contributed by atoms with Crippen molar-refractivity contribution in [3.05, 3.63) is 24.3 Å². The van der Waals surface area contributed by atoms with Crippen LogP contribution in [-0.4, -0.2) is 54.5 Å². The number of nitrogens with zero attached hydrogens (tertiary/aromatic N) is 2. The fourth-order valence-corrected chi connectivity index (χ4v) is 2.54. The number of hydrogen-bond donors (Lipinski definition) is 1. The summed E-state index contributed by atoms with van der Waals surface area (Å²) in [6.07, 6.45) is 11.5. The summed E-state index contributed by atoms with van der Waals surface area (Å²) in [5.41, 5.74) is 0. The first-order valence-electron chi connectivity index (χ1n) is 6.87. The summed E-state index contributed by atoms with van der Waals surface area (Å²) in [5.74, 6) is 0. The molecular formula is C14H21N3O2. The molecule has 1 saturated heterocycles. The van der Waals surface area contributed by atoms with Crippen molar-refractivity contribution < 1.29 is 9.59 Å². The monoisotopic (exact) mass is 263 g/mol. The van der Waals surface area contributed by atoms with Gasteiger partial charge in [0.15, 0.2) is 0 Å². The Labute approximate surface area is 113 Å². The normalized spacial score (nSPS) is 25.6. The van der Waals surface area contributed by atoms with Crippen LogP contribution < -0.4 is 5.32 Å². The molecule has 1 fully saturated rings. The van der Waals surface area contributed by atoms with E-state index >= 15 is 0 Å². The van der Waals surface area contributed by atoms with Gasteiger partial charge in [0.2, 0.25) is 6.41 Å². The van der Waals surface area contributed by atoms with E-state index in [1.165, 1.54) is 0 Å². The van der Waals surface area contributed by atoms with Gasteiger partial charge in [-0.3, -0.25) is 4.79 Å². The molecule has 0 spiro atoms. The van der Waals surface area contributed by atoms with Crippen LogP contribution in [0.5, 0.6) is 0 Å². The van der Waals surface area contributed by atoms with Crippen LogP contribution >= 0.6 is 0 Å². The Kier molecular flexibility index (Phi) is 5.01. The molecule has 0 radical (unpaired) electrons. The minimum Gasteiger partial charge on any atom is -0.345 e. The van der Waals surface area contributed by atoms with Gasteiger partial charge in [-0.25, -0.2) is 4.79 Å². The van der Waals surface area contributed by atoms with E-state index in [1.807, 2.05) is 23.1 Å². The number of urea groups is 1. The number of piperidine rings is 1. The number of likely N-dealkylation sites (tertiary alicyclic amines) is 1. The lowest BCUT2D eigenvalue weighted by Gasteiger charge is -2.37. The summed E-state index contributed by atoms with van der Waals surface area (Å²) >= 11 is 0. The molecular weight excluding hydrogens is 242 g/mol. The fraction of sp³-hybridized carbons (Fsp3) is 0.571. The Balaban J connectivity index is 1.96. The number of nitrogens with one attached hydrogen (secondary N) is 1. The average Bonchev–Trinajstić information content (AvgIpc) is 2.46. The van der Waals surface area contributed by atoms with Gasteiger partial charge in [0.05, 0.1) is 0 Å². The van der Waals surface area contributed by atoms with Crippen molar-refractivity contribution in [2.75, 3.05) is 26.2 Å². The van der Waals surface area contributed by atoms with E-state index in [4.69, 9.17) is 0 Å². The van der Waals surface area contributed by atoms with Gasteiger partial charge in [-0.1, -0.05) is 24.3 Å². The Hall–Kier alpha value is -1.78. The van der Waals surface area contributed by atoms with Crippen molar-refractivity contribution in [2.24, 2.45) is 0 Å². The third kappa shape index (κ3) is 3.84. The van der Waals surface area contributed by atoms with Gasteiger partial charge in [-0.2, -0.15) is 0 Å². The fourth-order valence-electron chi connectivity index (χ4n) is 2.54. The zero-order chi connectivity index (χ0) is 13.5. The van der Waals surface area contributed by atoms with Gasteiger partial charge in [0, 0.05) is 32.2 Å². The number of rotatable bonds is 2. The van der Waals surface area contributed by atoms with E-state index in [9.17, 15) is 9.59 Å². The largest absolute Gasteiger partial charge is 0.345 e. The molecule has 0 aliphatic carbocycles. The van der Waals surface area contributed by atoms with Gasteiger partial charge in [0.1, 0.15) is 0 Å². The van der Waals surface area contributed by atoms with Crippen LogP contribution in [-0.2, 0) is 4.79 Å². The van der Waals surface area contributed by atoms with Gasteiger partial charge in [-0.05, 0) is 19.3 Å². The highest BCUT2D eigenvalue weighted by Crippen LogP contribution is 2.16. The van der Waals surface area contributed by atoms with E-state index in [1.54, 1.807) is 4.90 Å². The van der Waals surface area contributed by atoms with Crippen LogP contribution in [0.2, 0.25) is 0 Å². The van der Waals surface area contributed by atoms with Crippen molar-refractivity contribution in [3.63, 3.8) is 0 Å². The van der Waals surface area contributed by atoms with E-state index in [0.29, 0.717) is 6.54 Å². The number of amides is 3. The van der Waals surface area contributed by atoms with Crippen molar-refractivity contribution in [1.29, 1.82) is 0 Å². The van der Waals surface area contributed by atoms with Gasteiger partial charge in [-0.15, -0.1) is 0 Å². The number of allylic oxidation sites excluding steroid dienone is 2. The van der Waals surface area contributed by atoms with E-state index < -0.39 is 0 Å². The van der Waals surface area contributed by atoms with Crippen LogP contribution in [0, 0.1) is 0 Å². The average molecular weight is 263 g/mol. The highest BCUT2D eigenvalue weighted by atomic mass is 16.2. The maximum atomic E-state index is 12.2. The van der Waals surface area contributed by atoms with Crippen molar-refractivity contribution in [2.45, 2.75) is 25.3 Å². The molecule has 2 aliphatic heterocycles. The van der Waals surface area contributed by atoms with Gasteiger partial charge >= 0.3 is 6.03 Å². The Morgan fingerprint density at radius 2 is 1.89 bits per heavy atom. The lowest BCUT2D eigenvalue weighted by molar-refractivity contribution is -0.119. The molecule has 0 aromatic rings. The van der Waals surface area contributed by atoms with Gasteiger partial charge in [0.25, 0.3) is 0 Å². The Morgan fingerprint density at radius 3 is 2.63 bits per heavy atom. The minimum atomic E-state index is 0.00417. The lowest BCUT2D eigenvalue weighted by atomic mass is 10.0. The summed E-state index contributed by atoms with van der Waals surface area (Å²) in [6, 6.07) is 0.248. The zero-order valence-corrected chi connectivity index (χ0v) is 11.1. The van der Waals surface area contributed by atoms with Crippen molar-refractivity contribution in [3.8, 4) is 0 Å². The molecule has 2 rings (SSSR count). The van der Waals surface area contributed by atoms with Crippen LogP contribution in [0.15, 0.2) is 24.3 Å². The minimum absolute atomic E-state index is 0.00417. The molecule has 2 aliphatic rings. The first-order chi connectivity index (χ1) is 9.31. The Bertz CT molecular complexity index is 371. The molecule has 1 N–H and O–H groups in total. The molecule has 0 aromatic heterocycles. The standard InChI is InChI=1S/C14H21N3O2/c18-12-16-10-6-13(7-11-16)17-9-5-3-1-2-4-8-15-14(17)19/h1-4,12-13H,5-11H2,(H,15,19)/b3-1-,4-2-. The lowest BCUT2D eigenvalue weighted by Crippen LogP contribution is -2.50. The predicted molar refractivity (Wildman–Crippen MR) is 73.7 cm³/mol. The highest BCUT2D eigenvalue weighted by molar-refractivity contribution is 5.74. The topological polar surface area (TPSA) is 52.7 Å². The molecule has 19 heavy (non-hydrogen) atoms. The summed E-state index contributed by atoms with van der Waals surface area (Å²) in [5, 5.41) is 2.91. The summed E-state index contributed by atoms with van der Waals surface area (Å²) in [6.45, 7) is 2.79. The third-order valence-corrected chi connectivity index (χ3v) is 3.64. The molecule has 0 aromatic carbocycles. The summed E-state index contributed by atoms with van der Waals surface area (Å²) < 4.78 is 0. The smallest absolute Gasteiger partial charge is 0.317 e. The molecule has 0 bridgehead atoms. The Morgan fingerprint density at radius 1 is 1.16 bits per heavy atom. The van der Waals surface area contributed by atoms with Crippen LogP contribution in [0.4, 0.5) is 4.79 Å². The highest BCUT2D eigenvalue weighted by Gasteiger charge is 2.26. The zero-order valence-electron chi connectivity index (χ0n) is 11.1. The second kappa shape index (κ2) is 6.97. The first kappa shape index (κ1) is 13.6. The van der Waals surface area contributed by atoms with E-state index in [2.05, 4.69) is 11.4 Å². The first-order valence-corrected chi connectivity index (χ1v) is 6.87. The molecule has 0 saturated carbocycles. The molecule has 5 heteroatoms. The molecule has 5 nitrogen and oxygen atoms in total. The van der Waals surface area contributed by atoms with Crippen LogP contribution in [0.25, 0.3) is 0 Å². The molecule has 104 valence electrons. The molecule has 3 amide bonds. The maximum absolute atomic E-state index is 12.2. The second-order valence-electron chi connectivity index (χ2n) is 4.90. The van der Waals surface area contributed by atoms with Gasteiger partial charge < -0.3 is 15.1 Å². The van der Waals surface area contributed by atoms with Crippen molar-refractivity contribution in [1.82, 2.24) is 15.1 Å². The van der Waals surface area contributed by atoms with Crippen LogP contribution in [0.1, 0.15) is 19.3 Å². The number of carbonyl (C=O) groups excluding carboxylic acids is 2. The molecule has 0 atom stereocenters. The van der Waals surface area contributed by atoms with E-state index in [-0.39, 0.29) is 12.1 Å². The number of hydrogen-bond acceptors (Lipinski definition) is 2.